The first kappa shape index (κ1) is 17.5. The average molecular weight is 362 g/mol. The van der Waals surface area contributed by atoms with Crippen molar-refractivity contribution in [3.8, 4) is 0 Å². The minimum Gasteiger partial charge on any atom is -0.342 e. The normalized spacial score (nSPS) is 15.4. The lowest BCUT2D eigenvalue weighted by molar-refractivity contribution is -0.121. The molecule has 0 spiro atoms. The third-order valence-corrected chi connectivity index (χ3v) is 4.98. The van der Waals surface area contributed by atoms with Gasteiger partial charge in [0.1, 0.15) is 17.7 Å². The van der Waals surface area contributed by atoms with E-state index in [2.05, 4.69) is 10.3 Å². The van der Waals surface area contributed by atoms with Crippen molar-refractivity contribution in [3.05, 3.63) is 53.9 Å². The largest absolute Gasteiger partial charge is 0.342 e. The molecule has 3 rings (SSSR count). The molecular formula is C17H19FN4O2S. The van der Waals surface area contributed by atoms with Crippen molar-refractivity contribution < 1.29 is 14.0 Å². The smallest absolute Gasteiger partial charge is 0.281 e. The van der Waals surface area contributed by atoms with Crippen molar-refractivity contribution in [1.29, 1.82) is 0 Å². The number of carbonyl (C=O) groups is 2. The number of hydrogen-bond acceptors (Lipinski definition) is 4. The van der Waals surface area contributed by atoms with E-state index in [1.54, 1.807) is 47.1 Å². The molecule has 132 valence electrons. The molecule has 1 atom stereocenters. The van der Waals surface area contributed by atoms with Crippen LogP contribution in [0.1, 0.15) is 23.9 Å². The van der Waals surface area contributed by atoms with Gasteiger partial charge in [-0.15, -0.1) is 0 Å². The maximum Gasteiger partial charge on any atom is 0.281 e. The lowest BCUT2D eigenvalue weighted by atomic mass is 10.1. The summed E-state index contributed by atoms with van der Waals surface area (Å²) in [5.74, 6) is 0.653. The van der Waals surface area contributed by atoms with Crippen LogP contribution in [-0.2, 0) is 11.8 Å². The fourth-order valence-electron chi connectivity index (χ4n) is 2.74. The SMILES string of the molecule is Cn1ccnc1C(NC(=O)CCN1CCSC1=O)c1ccccc1F. The topological polar surface area (TPSA) is 67.2 Å². The minimum absolute atomic E-state index is 0.00237. The number of hydrogen-bond donors (Lipinski definition) is 1. The molecule has 2 amide bonds. The quantitative estimate of drug-likeness (QED) is 0.856. The van der Waals surface area contributed by atoms with Gasteiger partial charge in [-0.3, -0.25) is 9.59 Å². The molecule has 0 bridgehead atoms. The first-order chi connectivity index (χ1) is 12.1. The summed E-state index contributed by atoms with van der Waals surface area (Å²) in [6, 6.07) is 5.64. The molecule has 1 aliphatic heterocycles. The standard InChI is InChI=1S/C17H19FN4O2S/c1-21-9-7-19-16(21)15(12-4-2-3-5-13(12)18)20-14(23)6-8-22-10-11-25-17(22)24/h2-5,7,9,15H,6,8,10-11H2,1H3,(H,20,23). The van der Waals surface area contributed by atoms with E-state index in [9.17, 15) is 14.0 Å². The summed E-state index contributed by atoms with van der Waals surface area (Å²) >= 11 is 1.26. The molecular weight excluding hydrogens is 343 g/mol. The molecule has 0 saturated carbocycles. The third-order valence-electron chi connectivity index (χ3n) is 4.09. The van der Waals surface area contributed by atoms with Gasteiger partial charge >= 0.3 is 0 Å². The zero-order chi connectivity index (χ0) is 17.8. The van der Waals surface area contributed by atoms with E-state index in [0.717, 1.165) is 5.75 Å². The van der Waals surface area contributed by atoms with Crippen molar-refractivity contribution in [1.82, 2.24) is 19.8 Å². The van der Waals surface area contributed by atoms with Gasteiger partial charge in [0.2, 0.25) is 5.91 Å². The Hall–Kier alpha value is -2.35. The predicted octanol–water partition coefficient (Wildman–Crippen LogP) is 2.32. The molecule has 8 heteroatoms. The highest BCUT2D eigenvalue weighted by molar-refractivity contribution is 8.13. The van der Waals surface area contributed by atoms with E-state index in [4.69, 9.17) is 0 Å². The molecule has 1 N–H and O–H groups in total. The molecule has 2 aromatic rings. The van der Waals surface area contributed by atoms with Crippen LogP contribution in [0.3, 0.4) is 0 Å². The summed E-state index contributed by atoms with van der Waals surface area (Å²) in [7, 11) is 1.79. The van der Waals surface area contributed by atoms with E-state index in [-0.39, 0.29) is 17.6 Å². The number of nitrogens with zero attached hydrogens (tertiary/aromatic N) is 3. The van der Waals surface area contributed by atoms with E-state index >= 15 is 0 Å². The molecule has 25 heavy (non-hydrogen) atoms. The summed E-state index contributed by atoms with van der Waals surface area (Å²) < 4.78 is 16.0. The van der Waals surface area contributed by atoms with Crippen LogP contribution in [0.4, 0.5) is 9.18 Å². The molecule has 1 saturated heterocycles. The second kappa shape index (κ2) is 7.69. The van der Waals surface area contributed by atoms with Crippen LogP contribution in [0, 0.1) is 5.82 Å². The van der Waals surface area contributed by atoms with Gasteiger partial charge in [0.15, 0.2) is 0 Å². The number of aryl methyl sites for hydroxylation is 1. The maximum atomic E-state index is 14.3. The van der Waals surface area contributed by atoms with E-state index < -0.39 is 11.9 Å². The van der Waals surface area contributed by atoms with Crippen LogP contribution in [0.5, 0.6) is 0 Å². The zero-order valence-electron chi connectivity index (χ0n) is 13.8. The summed E-state index contributed by atoms with van der Waals surface area (Å²) in [4.78, 5) is 29.9. The molecule has 2 heterocycles. The number of imidazole rings is 1. The van der Waals surface area contributed by atoms with Gasteiger partial charge in [0.05, 0.1) is 0 Å². The van der Waals surface area contributed by atoms with E-state index in [1.165, 1.54) is 17.8 Å². The van der Waals surface area contributed by atoms with Gasteiger partial charge in [0.25, 0.3) is 5.24 Å². The Bertz CT molecular complexity index is 780. The van der Waals surface area contributed by atoms with Crippen LogP contribution in [0.2, 0.25) is 0 Å². The highest BCUT2D eigenvalue weighted by atomic mass is 32.2. The second-order valence-corrected chi connectivity index (χ2v) is 6.82. The molecule has 1 fully saturated rings. The van der Waals surface area contributed by atoms with Crippen molar-refractivity contribution in [2.45, 2.75) is 12.5 Å². The highest BCUT2D eigenvalue weighted by Crippen LogP contribution is 2.23. The number of carbonyl (C=O) groups excluding carboxylic acids is 2. The third kappa shape index (κ3) is 4.01. The fraction of sp³-hybridized carbons (Fsp3) is 0.353. The summed E-state index contributed by atoms with van der Waals surface area (Å²) in [6.07, 6.45) is 3.52. The van der Waals surface area contributed by atoms with Crippen molar-refractivity contribution in [2.24, 2.45) is 7.05 Å². The molecule has 0 aliphatic carbocycles. The molecule has 1 aromatic heterocycles. The van der Waals surface area contributed by atoms with Crippen LogP contribution in [0.15, 0.2) is 36.7 Å². The summed E-state index contributed by atoms with van der Waals surface area (Å²) in [5.41, 5.74) is 0.359. The number of thioether (sulfide) groups is 1. The summed E-state index contributed by atoms with van der Waals surface area (Å²) in [5, 5.41) is 2.85. The Morgan fingerprint density at radius 2 is 2.24 bits per heavy atom. The number of halogens is 1. The van der Waals surface area contributed by atoms with Crippen LogP contribution >= 0.6 is 11.8 Å². The molecule has 1 aromatic carbocycles. The lowest BCUT2D eigenvalue weighted by Crippen LogP contribution is -2.34. The first-order valence-electron chi connectivity index (χ1n) is 7.99. The predicted molar refractivity (Wildman–Crippen MR) is 93.6 cm³/mol. The van der Waals surface area contributed by atoms with E-state index in [0.29, 0.717) is 24.5 Å². The number of amides is 2. The van der Waals surface area contributed by atoms with Crippen molar-refractivity contribution in [3.63, 3.8) is 0 Å². The van der Waals surface area contributed by atoms with Crippen molar-refractivity contribution in [2.75, 3.05) is 18.8 Å². The zero-order valence-corrected chi connectivity index (χ0v) is 14.6. The molecule has 6 nitrogen and oxygen atoms in total. The Kier molecular flexibility index (Phi) is 5.37. The molecule has 1 aliphatic rings. The number of aromatic nitrogens is 2. The van der Waals surface area contributed by atoms with Crippen molar-refractivity contribution >= 4 is 22.9 Å². The minimum atomic E-state index is -0.683. The number of benzene rings is 1. The van der Waals surface area contributed by atoms with Gasteiger partial charge in [0, 0.05) is 50.3 Å². The van der Waals surface area contributed by atoms with Gasteiger partial charge in [-0.1, -0.05) is 30.0 Å². The lowest BCUT2D eigenvalue weighted by Gasteiger charge is -2.21. The number of rotatable bonds is 6. The second-order valence-electron chi connectivity index (χ2n) is 5.77. The van der Waals surface area contributed by atoms with Crippen LogP contribution in [0.25, 0.3) is 0 Å². The molecule has 0 radical (unpaired) electrons. The monoisotopic (exact) mass is 362 g/mol. The first-order valence-corrected chi connectivity index (χ1v) is 8.97. The van der Waals surface area contributed by atoms with Gasteiger partial charge in [-0.05, 0) is 6.07 Å². The summed E-state index contributed by atoms with van der Waals surface area (Å²) in [6.45, 7) is 1.02. The average Bonchev–Trinajstić information content (AvgIpc) is 3.20. The molecule has 1 unspecified atom stereocenters. The Labute approximate surface area is 149 Å². The van der Waals surface area contributed by atoms with Crippen LogP contribution < -0.4 is 5.32 Å². The fourth-order valence-corrected chi connectivity index (χ4v) is 3.60. The number of nitrogens with one attached hydrogen (secondary N) is 1. The van der Waals surface area contributed by atoms with Gasteiger partial charge in [-0.25, -0.2) is 9.37 Å². The van der Waals surface area contributed by atoms with Crippen LogP contribution in [-0.4, -0.2) is 44.4 Å². The van der Waals surface area contributed by atoms with Gasteiger partial charge in [-0.2, -0.15) is 0 Å². The Morgan fingerprint density at radius 1 is 1.44 bits per heavy atom. The maximum absolute atomic E-state index is 14.3. The van der Waals surface area contributed by atoms with Gasteiger partial charge < -0.3 is 14.8 Å². The van der Waals surface area contributed by atoms with E-state index in [1.807, 2.05) is 0 Å². The Morgan fingerprint density at radius 3 is 2.88 bits per heavy atom. The Balaban J connectivity index is 1.74. The highest BCUT2D eigenvalue weighted by Gasteiger charge is 2.25.